The summed E-state index contributed by atoms with van der Waals surface area (Å²) in [5.41, 5.74) is 1.44. The lowest BCUT2D eigenvalue weighted by Crippen LogP contribution is -1.83. The largest absolute Gasteiger partial charge is 0.0885 e. The Morgan fingerprint density at radius 3 is 2.45 bits per heavy atom. The third-order valence-electron chi connectivity index (χ3n) is 3.80. The summed E-state index contributed by atoms with van der Waals surface area (Å²) in [6, 6.07) is 15.4. The molecule has 20 heavy (non-hydrogen) atoms. The number of hydrogen-bond donors (Lipinski definition) is 0. The molecule has 0 heterocycles. The molecule has 0 aliphatic carbocycles. The van der Waals surface area contributed by atoms with Crippen molar-refractivity contribution in [2.45, 2.75) is 51.9 Å². The quantitative estimate of drug-likeness (QED) is 0.388. The zero-order chi connectivity index (χ0) is 14.0. The zero-order valence-corrected chi connectivity index (χ0v) is 12.6. The van der Waals surface area contributed by atoms with Crippen molar-refractivity contribution in [3.8, 4) is 0 Å². The van der Waals surface area contributed by atoms with E-state index in [4.69, 9.17) is 0 Å². The van der Waals surface area contributed by atoms with Crippen molar-refractivity contribution < 1.29 is 0 Å². The highest BCUT2D eigenvalue weighted by molar-refractivity contribution is 5.82. The van der Waals surface area contributed by atoms with E-state index in [9.17, 15) is 0 Å². The molecule has 0 atom stereocenters. The molecule has 0 saturated carbocycles. The van der Waals surface area contributed by atoms with E-state index in [0.717, 1.165) is 12.8 Å². The van der Waals surface area contributed by atoms with Crippen molar-refractivity contribution >= 4 is 10.8 Å². The molecule has 0 aromatic heterocycles. The number of aryl methyl sites for hydroxylation is 1. The molecule has 0 amide bonds. The van der Waals surface area contributed by atoms with Gasteiger partial charge in [0.05, 0.1) is 0 Å². The lowest BCUT2D eigenvalue weighted by Gasteiger charge is -2.02. The Morgan fingerprint density at radius 1 is 0.800 bits per heavy atom. The number of benzene rings is 2. The van der Waals surface area contributed by atoms with Crippen molar-refractivity contribution in [1.82, 2.24) is 0 Å². The van der Waals surface area contributed by atoms with Crippen molar-refractivity contribution in [3.05, 3.63) is 60.2 Å². The highest BCUT2D eigenvalue weighted by Crippen LogP contribution is 2.16. The Labute approximate surface area is 123 Å². The van der Waals surface area contributed by atoms with E-state index in [0.29, 0.717) is 0 Å². The minimum Gasteiger partial charge on any atom is -0.0885 e. The first-order valence-corrected chi connectivity index (χ1v) is 8.03. The Hall–Kier alpha value is -1.56. The molecule has 0 bridgehead atoms. The molecular weight excluding hydrogens is 240 g/mol. The molecule has 0 N–H and O–H groups in total. The number of hydrogen-bond acceptors (Lipinski definition) is 0. The van der Waals surface area contributed by atoms with Gasteiger partial charge in [0.2, 0.25) is 0 Å². The molecule has 0 spiro atoms. The molecule has 0 saturated heterocycles. The van der Waals surface area contributed by atoms with Crippen LogP contribution in [0.5, 0.6) is 0 Å². The van der Waals surface area contributed by atoms with Crippen LogP contribution in [0, 0.1) is 0 Å². The fourth-order valence-electron chi connectivity index (χ4n) is 2.57. The monoisotopic (exact) mass is 266 g/mol. The van der Waals surface area contributed by atoms with Crippen LogP contribution in [0.3, 0.4) is 0 Å². The van der Waals surface area contributed by atoms with Crippen molar-refractivity contribution in [3.63, 3.8) is 0 Å². The molecule has 2 aromatic carbocycles. The highest BCUT2D eigenvalue weighted by Gasteiger charge is 1.95. The normalized spacial score (nSPS) is 11.4. The van der Waals surface area contributed by atoms with Gasteiger partial charge in [-0.3, -0.25) is 0 Å². The van der Waals surface area contributed by atoms with E-state index in [1.54, 1.807) is 0 Å². The van der Waals surface area contributed by atoms with Crippen LogP contribution in [-0.2, 0) is 6.42 Å². The summed E-state index contributed by atoms with van der Waals surface area (Å²) >= 11 is 0. The van der Waals surface area contributed by atoms with Crippen molar-refractivity contribution in [2.75, 3.05) is 0 Å². The van der Waals surface area contributed by atoms with Gasteiger partial charge in [-0.05, 0) is 42.0 Å². The first kappa shape index (κ1) is 14.8. The fraction of sp³-hybridized carbons (Fsp3) is 0.400. The molecule has 2 rings (SSSR count). The van der Waals surface area contributed by atoms with Gasteiger partial charge in [-0.25, -0.2) is 0 Å². The van der Waals surface area contributed by atoms with Gasteiger partial charge in [-0.15, -0.1) is 0 Å². The van der Waals surface area contributed by atoms with Crippen LogP contribution in [-0.4, -0.2) is 0 Å². The van der Waals surface area contributed by atoms with E-state index in [-0.39, 0.29) is 0 Å². The van der Waals surface area contributed by atoms with E-state index >= 15 is 0 Å². The molecule has 0 fully saturated rings. The first-order valence-electron chi connectivity index (χ1n) is 8.03. The van der Waals surface area contributed by atoms with Gasteiger partial charge in [-0.1, -0.05) is 80.8 Å². The molecule has 0 unspecified atom stereocenters. The average molecular weight is 266 g/mol. The lowest BCUT2D eigenvalue weighted by molar-refractivity contribution is 0.674. The van der Waals surface area contributed by atoms with Gasteiger partial charge in [0.1, 0.15) is 0 Å². The van der Waals surface area contributed by atoms with Gasteiger partial charge in [0.15, 0.2) is 0 Å². The molecule has 0 aliphatic heterocycles. The molecule has 106 valence electrons. The molecule has 0 nitrogen and oxygen atoms in total. The SMILES string of the molecule is CCCCCC/C=C/CCc1ccc2ccccc2c1. The van der Waals surface area contributed by atoms with E-state index in [2.05, 4.69) is 61.5 Å². The summed E-state index contributed by atoms with van der Waals surface area (Å²) in [5.74, 6) is 0. The van der Waals surface area contributed by atoms with E-state index in [1.807, 2.05) is 0 Å². The zero-order valence-electron chi connectivity index (χ0n) is 12.6. The van der Waals surface area contributed by atoms with Crippen molar-refractivity contribution in [2.24, 2.45) is 0 Å². The predicted molar refractivity (Wildman–Crippen MR) is 90.2 cm³/mol. The van der Waals surface area contributed by atoms with Crippen LogP contribution in [0.25, 0.3) is 10.8 Å². The first-order chi connectivity index (χ1) is 9.90. The maximum Gasteiger partial charge on any atom is -0.0181 e. The minimum atomic E-state index is 1.15. The molecule has 0 heteroatoms. The number of fused-ring (bicyclic) bond motifs is 1. The standard InChI is InChI=1S/C20H26/c1-2-3-4-5-6-7-8-9-12-18-15-16-19-13-10-11-14-20(19)17-18/h7-8,10-11,13-17H,2-6,9,12H2,1H3/b8-7+. The second kappa shape index (κ2) is 8.58. The molecular formula is C20H26. The Bertz CT molecular complexity index is 536. The Morgan fingerprint density at radius 2 is 1.60 bits per heavy atom. The van der Waals surface area contributed by atoms with Gasteiger partial charge < -0.3 is 0 Å². The van der Waals surface area contributed by atoms with Crippen molar-refractivity contribution in [1.29, 1.82) is 0 Å². The fourth-order valence-corrected chi connectivity index (χ4v) is 2.57. The maximum atomic E-state index is 2.36. The van der Waals surface area contributed by atoms with Gasteiger partial charge in [-0.2, -0.15) is 0 Å². The number of allylic oxidation sites excluding steroid dienone is 2. The summed E-state index contributed by atoms with van der Waals surface area (Å²) in [7, 11) is 0. The van der Waals surface area contributed by atoms with Crippen LogP contribution >= 0.6 is 0 Å². The summed E-state index contributed by atoms with van der Waals surface area (Å²) in [6.07, 6.45) is 13.7. The van der Waals surface area contributed by atoms with Crippen LogP contribution in [0.4, 0.5) is 0 Å². The molecule has 0 aliphatic rings. The van der Waals surface area contributed by atoms with Gasteiger partial charge in [0.25, 0.3) is 0 Å². The Balaban J connectivity index is 1.74. The molecule has 2 aromatic rings. The topological polar surface area (TPSA) is 0 Å². The third-order valence-corrected chi connectivity index (χ3v) is 3.80. The number of rotatable bonds is 8. The molecule has 0 radical (unpaired) electrons. The second-order valence-electron chi connectivity index (χ2n) is 5.54. The minimum absolute atomic E-state index is 1.15. The maximum absolute atomic E-state index is 2.36. The second-order valence-corrected chi connectivity index (χ2v) is 5.54. The average Bonchev–Trinajstić information content (AvgIpc) is 2.50. The predicted octanol–water partition coefficient (Wildman–Crippen LogP) is 6.30. The summed E-state index contributed by atoms with van der Waals surface area (Å²) in [5, 5.41) is 2.69. The van der Waals surface area contributed by atoms with Gasteiger partial charge in [0, 0.05) is 0 Å². The van der Waals surface area contributed by atoms with Crippen LogP contribution in [0.2, 0.25) is 0 Å². The summed E-state index contributed by atoms with van der Waals surface area (Å²) in [6.45, 7) is 2.26. The lowest BCUT2D eigenvalue weighted by atomic mass is 10.0. The van der Waals surface area contributed by atoms with Crippen LogP contribution in [0.15, 0.2) is 54.6 Å². The number of unbranched alkanes of at least 4 members (excludes halogenated alkanes) is 4. The van der Waals surface area contributed by atoms with Gasteiger partial charge >= 0.3 is 0 Å². The Kier molecular flexibility index (Phi) is 6.37. The third kappa shape index (κ3) is 4.85. The summed E-state index contributed by atoms with van der Waals surface area (Å²) in [4.78, 5) is 0. The highest BCUT2D eigenvalue weighted by atomic mass is 14.0. The summed E-state index contributed by atoms with van der Waals surface area (Å²) < 4.78 is 0. The van der Waals surface area contributed by atoms with E-state index < -0.39 is 0 Å². The van der Waals surface area contributed by atoms with Crippen LogP contribution < -0.4 is 0 Å². The smallest absolute Gasteiger partial charge is 0.0181 e. The van der Waals surface area contributed by atoms with E-state index in [1.165, 1.54) is 48.4 Å². The van der Waals surface area contributed by atoms with Crippen LogP contribution in [0.1, 0.15) is 51.0 Å².